The lowest BCUT2D eigenvalue weighted by molar-refractivity contribution is -0.130. The van der Waals surface area contributed by atoms with E-state index < -0.39 is 0 Å². The van der Waals surface area contributed by atoms with Gasteiger partial charge in [0.05, 0.1) is 6.61 Å². The van der Waals surface area contributed by atoms with Crippen LogP contribution in [0.1, 0.15) is 0 Å². The van der Waals surface area contributed by atoms with Crippen LogP contribution in [0.3, 0.4) is 0 Å². The quantitative estimate of drug-likeness (QED) is 0.625. The molecule has 1 rings (SSSR count). The van der Waals surface area contributed by atoms with Gasteiger partial charge >= 0.3 is 0 Å². The van der Waals surface area contributed by atoms with Crippen molar-refractivity contribution in [3.63, 3.8) is 0 Å². The Morgan fingerprint density at radius 1 is 1.75 bits per heavy atom. The highest BCUT2D eigenvalue weighted by molar-refractivity contribution is 5.87. The summed E-state index contributed by atoms with van der Waals surface area (Å²) >= 11 is 0. The van der Waals surface area contributed by atoms with Gasteiger partial charge in [0.25, 0.3) is 0 Å². The van der Waals surface area contributed by atoms with E-state index in [-0.39, 0.29) is 5.91 Å². The molecule has 0 aromatic carbocycles. The van der Waals surface area contributed by atoms with Gasteiger partial charge in [0, 0.05) is 19.2 Å². The Bertz CT molecular complexity index is 180. The summed E-state index contributed by atoms with van der Waals surface area (Å²) in [5.74, 6) is 0.0303. The summed E-state index contributed by atoms with van der Waals surface area (Å²) in [6, 6.07) is 0. The Morgan fingerprint density at radius 3 is 3.33 bits per heavy atom. The van der Waals surface area contributed by atoms with Crippen LogP contribution in [0, 0.1) is 0 Å². The van der Waals surface area contributed by atoms with Crippen molar-refractivity contribution in [1.82, 2.24) is 10.2 Å². The number of likely N-dealkylation sites (N-methyl/N-ethyl adjacent to an activating group) is 1. The highest BCUT2D eigenvalue weighted by Gasteiger charge is 2.11. The molecular formula is C8H14N2O2. The third-order valence-corrected chi connectivity index (χ3v) is 1.67. The molecule has 0 atom stereocenters. The molecule has 0 bridgehead atoms. The average molecular weight is 170 g/mol. The SMILES string of the molecule is CNCCN1COCC=CC1=O. The second-order valence-electron chi connectivity index (χ2n) is 2.61. The topological polar surface area (TPSA) is 41.6 Å². The van der Waals surface area contributed by atoms with Gasteiger partial charge in [0.15, 0.2) is 0 Å². The molecule has 1 aliphatic rings. The zero-order valence-corrected chi connectivity index (χ0v) is 7.25. The molecule has 0 aromatic rings. The van der Waals surface area contributed by atoms with Crippen LogP contribution in [-0.2, 0) is 9.53 Å². The van der Waals surface area contributed by atoms with Crippen LogP contribution in [0.4, 0.5) is 0 Å². The minimum atomic E-state index is 0.0303. The van der Waals surface area contributed by atoms with Crippen LogP contribution >= 0.6 is 0 Å². The molecule has 0 saturated carbocycles. The van der Waals surface area contributed by atoms with Crippen LogP contribution in [0.2, 0.25) is 0 Å². The molecule has 0 fully saturated rings. The molecule has 0 spiro atoms. The normalized spacial score (nSPS) is 18.1. The van der Waals surface area contributed by atoms with Gasteiger partial charge in [-0.05, 0) is 7.05 Å². The fraction of sp³-hybridized carbons (Fsp3) is 0.625. The van der Waals surface area contributed by atoms with Crippen LogP contribution in [-0.4, -0.2) is 44.3 Å². The lowest BCUT2D eigenvalue weighted by Crippen LogP contribution is -2.35. The fourth-order valence-electron chi connectivity index (χ4n) is 0.970. The molecule has 0 aromatic heterocycles. The number of nitrogens with zero attached hydrogens (tertiary/aromatic N) is 1. The Morgan fingerprint density at radius 2 is 2.58 bits per heavy atom. The predicted octanol–water partition coefficient (Wildman–Crippen LogP) is -0.422. The van der Waals surface area contributed by atoms with Gasteiger partial charge in [0.1, 0.15) is 6.73 Å². The van der Waals surface area contributed by atoms with E-state index in [1.807, 2.05) is 7.05 Å². The second-order valence-corrected chi connectivity index (χ2v) is 2.61. The van der Waals surface area contributed by atoms with Gasteiger partial charge in [-0.15, -0.1) is 0 Å². The Labute approximate surface area is 72.2 Å². The summed E-state index contributed by atoms with van der Waals surface area (Å²) in [7, 11) is 1.86. The number of hydrogen-bond donors (Lipinski definition) is 1. The van der Waals surface area contributed by atoms with E-state index in [2.05, 4.69) is 5.32 Å². The number of rotatable bonds is 3. The van der Waals surface area contributed by atoms with E-state index in [4.69, 9.17) is 4.74 Å². The van der Waals surface area contributed by atoms with Gasteiger partial charge in [-0.25, -0.2) is 0 Å². The first-order chi connectivity index (χ1) is 5.84. The van der Waals surface area contributed by atoms with E-state index in [1.54, 1.807) is 17.1 Å². The maximum atomic E-state index is 11.3. The standard InChI is InChI=1S/C8H14N2O2/c1-9-4-5-10-7-12-6-2-3-8(10)11/h2-3,9H,4-7H2,1H3. The van der Waals surface area contributed by atoms with E-state index in [1.165, 1.54) is 0 Å². The van der Waals surface area contributed by atoms with Crippen molar-refractivity contribution in [2.24, 2.45) is 0 Å². The van der Waals surface area contributed by atoms with Crippen LogP contribution in [0.25, 0.3) is 0 Å². The van der Waals surface area contributed by atoms with Gasteiger partial charge in [-0.2, -0.15) is 0 Å². The predicted molar refractivity (Wildman–Crippen MR) is 45.6 cm³/mol. The highest BCUT2D eigenvalue weighted by atomic mass is 16.5. The molecule has 0 saturated heterocycles. The smallest absolute Gasteiger partial charge is 0.248 e. The number of nitrogens with one attached hydrogen (secondary N) is 1. The molecule has 12 heavy (non-hydrogen) atoms. The first kappa shape index (κ1) is 9.22. The Balaban J connectivity index is 2.39. The minimum Gasteiger partial charge on any atom is -0.357 e. The Kier molecular flexibility index (Phi) is 3.76. The molecule has 0 radical (unpaired) electrons. The van der Waals surface area contributed by atoms with Crippen molar-refractivity contribution < 1.29 is 9.53 Å². The molecular weight excluding hydrogens is 156 g/mol. The number of amides is 1. The monoisotopic (exact) mass is 170 g/mol. The third-order valence-electron chi connectivity index (χ3n) is 1.67. The van der Waals surface area contributed by atoms with Crippen molar-refractivity contribution in [2.45, 2.75) is 0 Å². The molecule has 1 N–H and O–H groups in total. The van der Waals surface area contributed by atoms with Gasteiger partial charge < -0.3 is 15.0 Å². The molecule has 0 aliphatic carbocycles. The van der Waals surface area contributed by atoms with E-state index in [0.717, 1.165) is 6.54 Å². The van der Waals surface area contributed by atoms with Crippen LogP contribution in [0.15, 0.2) is 12.2 Å². The lowest BCUT2D eigenvalue weighted by Gasteiger charge is -2.18. The summed E-state index contributed by atoms with van der Waals surface area (Å²) < 4.78 is 5.17. The Hall–Kier alpha value is -0.870. The lowest BCUT2D eigenvalue weighted by atomic mass is 10.4. The van der Waals surface area contributed by atoms with Gasteiger partial charge in [-0.3, -0.25) is 4.79 Å². The van der Waals surface area contributed by atoms with Crippen molar-refractivity contribution in [1.29, 1.82) is 0 Å². The molecule has 1 aliphatic heterocycles. The number of hydrogen-bond acceptors (Lipinski definition) is 3. The molecule has 1 heterocycles. The summed E-state index contributed by atoms with van der Waals surface area (Å²) in [5, 5.41) is 2.98. The second kappa shape index (κ2) is 4.90. The minimum absolute atomic E-state index is 0.0303. The van der Waals surface area contributed by atoms with E-state index >= 15 is 0 Å². The van der Waals surface area contributed by atoms with Crippen molar-refractivity contribution in [3.8, 4) is 0 Å². The van der Waals surface area contributed by atoms with E-state index in [9.17, 15) is 4.79 Å². The maximum absolute atomic E-state index is 11.3. The van der Waals surface area contributed by atoms with Crippen molar-refractivity contribution in [2.75, 3.05) is 33.5 Å². The largest absolute Gasteiger partial charge is 0.357 e. The van der Waals surface area contributed by atoms with Crippen molar-refractivity contribution in [3.05, 3.63) is 12.2 Å². The van der Waals surface area contributed by atoms with Crippen LogP contribution in [0.5, 0.6) is 0 Å². The molecule has 1 amide bonds. The summed E-state index contributed by atoms with van der Waals surface area (Å²) in [6.07, 6.45) is 3.30. The summed E-state index contributed by atoms with van der Waals surface area (Å²) in [6.45, 7) is 2.41. The third kappa shape index (κ3) is 2.64. The first-order valence-electron chi connectivity index (χ1n) is 4.02. The van der Waals surface area contributed by atoms with Gasteiger partial charge in [-0.1, -0.05) is 6.08 Å². The van der Waals surface area contributed by atoms with Gasteiger partial charge in [0.2, 0.25) is 5.91 Å². The maximum Gasteiger partial charge on any atom is 0.248 e. The molecule has 0 unspecified atom stereocenters. The number of ether oxygens (including phenoxy) is 1. The number of carbonyl (C=O) groups excluding carboxylic acids is 1. The fourth-order valence-corrected chi connectivity index (χ4v) is 0.970. The average Bonchev–Trinajstić information content (AvgIpc) is 2.27. The zero-order valence-electron chi connectivity index (χ0n) is 7.25. The molecule has 4 nitrogen and oxygen atoms in total. The van der Waals surface area contributed by atoms with Crippen LogP contribution < -0.4 is 5.32 Å². The molecule has 68 valence electrons. The first-order valence-corrected chi connectivity index (χ1v) is 4.02. The van der Waals surface area contributed by atoms with Crippen molar-refractivity contribution >= 4 is 5.91 Å². The zero-order chi connectivity index (χ0) is 8.81. The highest BCUT2D eigenvalue weighted by Crippen LogP contribution is 1.96. The molecule has 4 heteroatoms. The van der Waals surface area contributed by atoms with E-state index in [0.29, 0.717) is 19.9 Å². The summed E-state index contributed by atoms with van der Waals surface area (Å²) in [5.41, 5.74) is 0. The number of carbonyl (C=O) groups is 1. The summed E-state index contributed by atoms with van der Waals surface area (Å²) in [4.78, 5) is 12.9.